The highest BCUT2D eigenvalue weighted by atomic mass is 127. The molecule has 160 valence electrons. The van der Waals surface area contributed by atoms with Gasteiger partial charge >= 0.3 is 0 Å². The number of methoxy groups -OCH3 is 1. The van der Waals surface area contributed by atoms with Gasteiger partial charge in [-0.05, 0) is 88.8 Å². The third-order valence-electron chi connectivity index (χ3n) is 4.83. The van der Waals surface area contributed by atoms with E-state index >= 15 is 0 Å². The molecule has 32 heavy (non-hydrogen) atoms. The van der Waals surface area contributed by atoms with Crippen LogP contribution in [0, 0.1) is 3.57 Å². The Morgan fingerprint density at radius 1 is 0.969 bits per heavy atom. The van der Waals surface area contributed by atoms with Crippen LogP contribution in [0.25, 0.3) is 22.5 Å². The number of carbonyl (C=O) groups excluding carboxylic acids is 1. The van der Waals surface area contributed by atoms with Gasteiger partial charge in [0, 0.05) is 14.7 Å². The molecule has 0 aliphatic carbocycles. The second kappa shape index (κ2) is 9.78. The molecule has 0 fully saturated rings. The van der Waals surface area contributed by atoms with Gasteiger partial charge < -0.3 is 15.2 Å². The van der Waals surface area contributed by atoms with Crippen molar-refractivity contribution in [1.82, 2.24) is 9.97 Å². The van der Waals surface area contributed by atoms with Crippen LogP contribution in [0.4, 0.5) is 5.82 Å². The van der Waals surface area contributed by atoms with E-state index in [-0.39, 0.29) is 18.1 Å². The van der Waals surface area contributed by atoms with Crippen molar-refractivity contribution in [2.45, 2.75) is 6.42 Å². The molecule has 4 rings (SSSR count). The van der Waals surface area contributed by atoms with Crippen LogP contribution >= 0.6 is 22.6 Å². The molecule has 0 saturated heterocycles. The van der Waals surface area contributed by atoms with E-state index in [4.69, 9.17) is 9.72 Å². The highest BCUT2D eigenvalue weighted by Crippen LogP contribution is 2.29. The molecule has 0 bridgehead atoms. The highest BCUT2D eigenvalue weighted by molar-refractivity contribution is 14.1. The van der Waals surface area contributed by atoms with E-state index in [0.29, 0.717) is 17.2 Å². The molecule has 2 N–H and O–H groups in total. The minimum atomic E-state index is -0.183. The topological polar surface area (TPSA) is 84.3 Å². The summed E-state index contributed by atoms with van der Waals surface area (Å²) in [5.74, 6) is 1.08. The molecule has 7 heteroatoms. The fraction of sp³-hybridized carbons (Fsp3) is 0.0800. The van der Waals surface area contributed by atoms with Gasteiger partial charge in [0.25, 0.3) is 0 Å². The SMILES string of the molecule is COc1ccc(-c2cnc(NC(=O)Cc3ccc(I)cc3)c(-c3ccc(O)cc3)n2)cc1. The fourth-order valence-corrected chi connectivity index (χ4v) is 3.53. The van der Waals surface area contributed by atoms with Crippen molar-refractivity contribution in [3.63, 3.8) is 0 Å². The number of nitrogens with zero attached hydrogens (tertiary/aromatic N) is 2. The Kier molecular flexibility index (Phi) is 6.65. The van der Waals surface area contributed by atoms with E-state index in [1.165, 1.54) is 0 Å². The molecule has 3 aromatic carbocycles. The second-order valence-corrected chi connectivity index (χ2v) is 8.32. The number of hydrogen-bond donors (Lipinski definition) is 2. The molecule has 1 aromatic heterocycles. The van der Waals surface area contributed by atoms with Gasteiger partial charge in [0.05, 0.1) is 25.4 Å². The highest BCUT2D eigenvalue weighted by Gasteiger charge is 2.15. The quantitative estimate of drug-likeness (QED) is 0.326. The van der Waals surface area contributed by atoms with Crippen LogP contribution < -0.4 is 10.1 Å². The molecule has 6 nitrogen and oxygen atoms in total. The Morgan fingerprint density at radius 3 is 2.28 bits per heavy atom. The van der Waals surface area contributed by atoms with Crippen LogP contribution in [0.5, 0.6) is 11.5 Å². The van der Waals surface area contributed by atoms with Gasteiger partial charge in [-0.25, -0.2) is 9.97 Å². The summed E-state index contributed by atoms with van der Waals surface area (Å²) in [5, 5.41) is 12.6. The summed E-state index contributed by atoms with van der Waals surface area (Å²) in [4.78, 5) is 22.0. The van der Waals surface area contributed by atoms with Gasteiger partial charge in [-0.2, -0.15) is 0 Å². The molecule has 0 aliphatic rings. The molecular formula is C25H20IN3O3. The number of ether oxygens (including phenoxy) is 1. The van der Waals surface area contributed by atoms with Gasteiger partial charge in [0.15, 0.2) is 5.82 Å². The number of anilines is 1. The van der Waals surface area contributed by atoms with Gasteiger partial charge in [-0.1, -0.05) is 12.1 Å². The Balaban J connectivity index is 1.66. The van der Waals surface area contributed by atoms with Crippen molar-refractivity contribution >= 4 is 34.3 Å². The smallest absolute Gasteiger partial charge is 0.230 e. The number of aromatic nitrogens is 2. The van der Waals surface area contributed by atoms with Crippen molar-refractivity contribution in [2.24, 2.45) is 0 Å². The number of aromatic hydroxyl groups is 1. The number of nitrogens with one attached hydrogen (secondary N) is 1. The molecule has 0 atom stereocenters. The number of hydrogen-bond acceptors (Lipinski definition) is 5. The lowest BCUT2D eigenvalue weighted by Crippen LogP contribution is -2.16. The molecule has 0 unspecified atom stereocenters. The number of amides is 1. The lowest BCUT2D eigenvalue weighted by molar-refractivity contribution is -0.115. The maximum atomic E-state index is 12.7. The summed E-state index contributed by atoms with van der Waals surface area (Å²) in [6.07, 6.45) is 1.86. The summed E-state index contributed by atoms with van der Waals surface area (Å²) in [6.45, 7) is 0. The van der Waals surface area contributed by atoms with Crippen LogP contribution in [0.1, 0.15) is 5.56 Å². The molecule has 0 saturated carbocycles. The lowest BCUT2D eigenvalue weighted by Gasteiger charge is -2.12. The van der Waals surface area contributed by atoms with Gasteiger partial charge in [0.1, 0.15) is 17.2 Å². The number of benzene rings is 3. The lowest BCUT2D eigenvalue weighted by atomic mass is 10.1. The van der Waals surface area contributed by atoms with Crippen molar-refractivity contribution < 1.29 is 14.6 Å². The number of carbonyl (C=O) groups is 1. The first-order valence-electron chi connectivity index (χ1n) is 9.87. The fourth-order valence-electron chi connectivity index (χ4n) is 3.17. The first-order chi connectivity index (χ1) is 15.5. The Hall–Kier alpha value is -3.46. The molecule has 0 spiro atoms. The van der Waals surface area contributed by atoms with Gasteiger partial charge in [-0.15, -0.1) is 0 Å². The molecular weight excluding hydrogens is 517 g/mol. The Labute approximate surface area is 199 Å². The summed E-state index contributed by atoms with van der Waals surface area (Å²) in [5.41, 5.74) is 3.70. The number of rotatable bonds is 6. The van der Waals surface area contributed by atoms with Crippen LogP contribution in [0.3, 0.4) is 0 Å². The Morgan fingerprint density at radius 2 is 1.62 bits per heavy atom. The predicted molar refractivity (Wildman–Crippen MR) is 133 cm³/mol. The average Bonchev–Trinajstić information content (AvgIpc) is 2.81. The van der Waals surface area contributed by atoms with E-state index < -0.39 is 0 Å². The van der Waals surface area contributed by atoms with E-state index in [0.717, 1.165) is 26.0 Å². The summed E-state index contributed by atoms with van der Waals surface area (Å²) >= 11 is 2.23. The maximum absolute atomic E-state index is 12.7. The average molecular weight is 537 g/mol. The van der Waals surface area contributed by atoms with Gasteiger partial charge in [-0.3, -0.25) is 4.79 Å². The van der Waals surface area contributed by atoms with Crippen molar-refractivity contribution in [1.29, 1.82) is 0 Å². The number of halogens is 1. The monoisotopic (exact) mass is 537 g/mol. The van der Waals surface area contributed by atoms with Crippen molar-refractivity contribution in [3.05, 3.63) is 88.1 Å². The molecule has 4 aromatic rings. The molecule has 1 heterocycles. The molecule has 1 amide bonds. The summed E-state index contributed by atoms with van der Waals surface area (Å²) in [7, 11) is 1.62. The van der Waals surface area contributed by atoms with Crippen molar-refractivity contribution in [2.75, 3.05) is 12.4 Å². The van der Waals surface area contributed by atoms with E-state index in [2.05, 4.69) is 32.9 Å². The zero-order valence-electron chi connectivity index (χ0n) is 17.2. The number of phenols is 1. The van der Waals surface area contributed by atoms with E-state index in [9.17, 15) is 9.90 Å². The predicted octanol–water partition coefficient (Wildman–Crippen LogP) is 5.31. The standard InChI is InChI=1S/C25H20IN3O3/c1-32-21-12-6-17(7-13-21)22-15-27-25(24(28-22)18-4-10-20(30)11-5-18)29-23(31)14-16-2-8-19(26)9-3-16/h2-13,15,30H,14H2,1H3,(H,27,29,31). The summed E-state index contributed by atoms with van der Waals surface area (Å²) < 4.78 is 6.33. The second-order valence-electron chi connectivity index (χ2n) is 7.08. The normalized spacial score (nSPS) is 10.6. The van der Waals surface area contributed by atoms with Gasteiger partial charge in [0.2, 0.25) is 5.91 Å². The van der Waals surface area contributed by atoms with Crippen LogP contribution in [0.2, 0.25) is 0 Å². The number of phenolic OH excluding ortho intramolecular Hbond substituents is 1. The zero-order valence-corrected chi connectivity index (χ0v) is 19.4. The van der Waals surface area contributed by atoms with E-state index in [1.54, 1.807) is 37.6 Å². The third kappa shape index (κ3) is 5.23. The largest absolute Gasteiger partial charge is 0.508 e. The first-order valence-corrected chi connectivity index (χ1v) is 10.9. The minimum Gasteiger partial charge on any atom is -0.508 e. The van der Waals surface area contributed by atoms with Crippen LogP contribution in [0.15, 0.2) is 79.0 Å². The molecule has 0 aliphatic heterocycles. The van der Waals surface area contributed by atoms with Crippen molar-refractivity contribution in [3.8, 4) is 34.0 Å². The van der Waals surface area contributed by atoms with Crippen LogP contribution in [-0.2, 0) is 11.2 Å². The first kappa shape index (κ1) is 21.8. The third-order valence-corrected chi connectivity index (χ3v) is 5.55. The van der Waals surface area contributed by atoms with Crippen LogP contribution in [-0.4, -0.2) is 28.1 Å². The zero-order chi connectivity index (χ0) is 22.5. The maximum Gasteiger partial charge on any atom is 0.230 e. The summed E-state index contributed by atoms with van der Waals surface area (Å²) in [6, 6.07) is 21.9. The van der Waals surface area contributed by atoms with E-state index in [1.807, 2.05) is 48.5 Å². The minimum absolute atomic E-state index is 0.150. The Bertz CT molecular complexity index is 1230. The molecule has 0 radical (unpaired) electrons.